The lowest BCUT2D eigenvalue weighted by Crippen LogP contribution is -2.39. The first-order valence-corrected chi connectivity index (χ1v) is 5.54. The highest BCUT2D eigenvalue weighted by Crippen LogP contribution is 2.15. The van der Waals surface area contributed by atoms with Crippen LogP contribution >= 0.6 is 0 Å². The largest absolute Gasteiger partial charge is 0.398 e. The molecule has 1 aromatic rings. The number of likely N-dealkylation sites (N-methyl/N-ethyl adjacent to an activating group) is 2. The van der Waals surface area contributed by atoms with Crippen LogP contribution in [-0.4, -0.2) is 36.9 Å². The van der Waals surface area contributed by atoms with Gasteiger partial charge in [0.2, 0.25) is 5.91 Å². The van der Waals surface area contributed by atoms with E-state index in [1.165, 1.54) is 24.1 Å². The number of nitrogens with zero attached hydrogens (tertiary/aromatic N) is 1. The second kappa shape index (κ2) is 6.00. The molecule has 0 unspecified atom stereocenters. The molecule has 0 aromatic heterocycles. The van der Waals surface area contributed by atoms with Crippen LogP contribution in [0.3, 0.4) is 0 Å². The van der Waals surface area contributed by atoms with E-state index in [4.69, 9.17) is 5.73 Å². The van der Waals surface area contributed by atoms with Crippen molar-refractivity contribution in [3.63, 3.8) is 0 Å². The van der Waals surface area contributed by atoms with Gasteiger partial charge in [0, 0.05) is 19.3 Å². The molecule has 0 radical (unpaired) electrons. The van der Waals surface area contributed by atoms with E-state index in [9.17, 15) is 14.0 Å². The molecule has 1 rings (SSSR count). The lowest BCUT2D eigenvalue weighted by atomic mass is 10.1. The van der Waals surface area contributed by atoms with E-state index < -0.39 is 11.7 Å². The molecule has 0 aliphatic heterocycles. The van der Waals surface area contributed by atoms with Crippen molar-refractivity contribution >= 4 is 17.5 Å². The Kier molecular flexibility index (Phi) is 4.65. The predicted molar refractivity (Wildman–Crippen MR) is 66.5 cm³/mol. The molecular weight excluding hydrogens is 237 g/mol. The fourth-order valence-electron chi connectivity index (χ4n) is 1.46. The number of halogens is 1. The summed E-state index contributed by atoms with van der Waals surface area (Å²) in [6.07, 6.45) is 0. The quantitative estimate of drug-likeness (QED) is 0.772. The maximum Gasteiger partial charge on any atom is 0.256 e. The number of benzene rings is 1. The van der Waals surface area contributed by atoms with Crippen LogP contribution in [0.2, 0.25) is 0 Å². The maximum atomic E-state index is 13.1. The standard InChI is InChI=1S/C12H16FN3O2/c1-3-16(7-11(17)15-2)12(18)9-6-8(13)4-5-10(9)14/h4-6H,3,7,14H2,1-2H3,(H,15,17). The van der Waals surface area contributed by atoms with Crippen molar-refractivity contribution in [1.82, 2.24) is 10.2 Å². The molecule has 18 heavy (non-hydrogen) atoms. The number of rotatable bonds is 4. The van der Waals surface area contributed by atoms with Gasteiger partial charge in [-0.05, 0) is 25.1 Å². The monoisotopic (exact) mass is 253 g/mol. The third kappa shape index (κ3) is 3.19. The summed E-state index contributed by atoms with van der Waals surface area (Å²) in [5.74, 6) is -1.29. The molecule has 0 bridgehead atoms. The summed E-state index contributed by atoms with van der Waals surface area (Å²) in [5.41, 5.74) is 5.89. The summed E-state index contributed by atoms with van der Waals surface area (Å²) in [6.45, 7) is 1.99. The van der Waals surface area contributed by atoms with Gasteiger partial charge in [-0.2, -0.15) is 0 Å². The fourth-order valence-corrected chi connectivity index (χ4v) is 1.46. The molecule has 5 nitrogen and oxygen atoms in total. The van der Waals surface area contributed by atoms with Gasteiger partial charge in [0.05, 0.1) is 12.1 Å². The number of anilines is 1. The van der Waals surface area contributed by atoms with Crippen LogP contribution < -0.4 is 11.1 Å². The number of nitrogens with one attached hydrogen (secondary N) is 1. The fraction of sp³-hybridized carbons (Fsp3) is 0.333. The molecule has 2 amide bonds. The molecule has 0 spiro atoms. The van der Waals surface area contributed by atoms with Gasteiger partial charge in [-0.3, -0.25) is 9.59 Å². The van der Waals surface area contributed by atoms with Crippen molar-refractivity contribution < 1.29 is 14.0 Å². The van der Waals surface area contributed by atoms with Crippen molar-refractivity contribution in [2.45, 2.75) is 6.92 Å². The highest BCUT2D eigenvalue weighted by atomic mass is 19.1. The van der Waals surface area contributed by atoms with Crippen LogP contribution in [0.5, 0.6) is 0 Å². The van der Waals surface area contributed by atoms with Crippen LogP contribution in [0.1, 0.15) is 17.3 Å². The number of carbonyl (C=O) groups is 2. The Morgan fingerprint density at radius 2 is 2.11 bits per heavy atom. The van der Waals surface area contributed by atoms with Gasteiger partial charge >= 0.3 is 0 Å². The summed E-state index contributed by atoms with van der Waals surface area (Å²) < 4.78 is 13.1. The van der Waals surface area contributed by atoms with Gasteiger partial charge in [-0.25, -0.2) is 4.39 Å². The number of nitrogens with two attached hydrogens (primary N) is 1. The Morgan fingerprint density at radius 1 is 1.44 bits per heavy atom. The zero-order valence-electron chi connectivity index (χ0n) is 10.4. The van der Waals surface area contributed by atoms with Gasteiger partial charge in [0.1, 0.15) is 5.82 Å². The first kappa shape index (κ1) is 14.0. The summed E-state index contributed by atoms with van der Waals surface area (Å²) in [7, 11) is 1.48. The van der Waals surface area contributed by atoms with Gasteiger partial charge in [0.15, 0.2) is 0 Å². The summed E-state index contributed by atoms with van der Waals surface area (Å²) >= 11 is 0. The van der Waals surface area contributed by atoms with Crippen LogP contribution in [-0.2, 0) is 4.79 Å². The van der Waals surface area contributed by atoms with Gasteiger partial charge in [-0.15, -0.1) is 0 Å². The van der Waals surface area contributed by atoms with Crippen molar-refractivity contribution in [2.24, 2.45) is 0 Å². The van der Waals surface area contributed by atoms with E-state index in [0.29, 0.717) is 6.54 Å². The van der Waals surface area contributed by atoms with Gasteiger partial charge in [0.25, 0.3) is 5.91 Å². The topological polar surface area (TPSA) is 75.4 Å². The second-order valence-electron chi connectivity index (χ2n) is 3.72. The zero-order chi connectivity index (χ0) is 13.7. The van der Waals surface area contributed by atoms with Gasteiger partial charge < -0.3 is 16.0 Å². The molecule has 0 fully saturated rings. The van der Waals surface area contributed by atoms with Crippen molar-refractivity contribution in [1.29, 1.82) is 0 Å². The number of hydrogen-bond acceptors (Lipinski definition) is 3. The Bertz CT molecular complexity index is 463. The minimum Gasteiger partial charge on any atom is -0.398 e. The highest BCUT2D eigenvalue weighted by molar-refractivity contribution is 6.00. The predicted octanol–water partition coefficient (Wildman–Crippen LogP) is 0.616. The molecule has 6 heteroatoms. The van der Waals surface area contributed by atoms with Crippen molar-refractivity contribution in [2.75, 3.05) is 25.9 Å². The Balaban J connectivity index is 2.96. The molecule has 0 saturated heterocycles. The number of carbonyl (C=O) groups excluding carboxylic acids is 2. The Labute approximate surface area is 105 Å². The van der Waals surface area contributed by atoms with E-state index in [1.807, 2.05) is 0 Å². The molecular formula is C12H16FN3O2. The van der Waals surface area contributed by atoms with E-state index in [0.717, 1.165) is 6.07 Å². The van der Waals surface area contributed by atoms with Crippen LogP contribution in [0, 0.1) is 5.82 Å². The maximum absolute atomic E-state index is 13.1. The van der Waals surface area contributed by atoms with E-state index >= 15 is 0 Å². The second-order valence-corrected chi connectivity index (χ2v) is 3.72. The zero-order valence-corrected chi connectivity index (χ0v) is 10.4. The van der Waals surface area contributed by atoms with Gasteiger partial charge in [-0.1, -0.05) is 0 Å². The number of amides is 2. The van der Waals surface area contributed by atoms with Crippen molar-refractivity contribution in [3.8, 4) is 0 Å². The van der Waals surface area contributed by atoms with Crippen LogP contribution in [0.4, 0.5) is 10.1 Å². The van der Waals surface area contributed by atoms with E-state index in [1.54, 1.807) is 6.92 Å². The van der Waals surface area contributed by atoms with E-state index in [2.05, 4.69) is 5.32 Å². The first-order chi connectivity index (χ1) is 8.49. The lowest BCUT2D eigenvalue weighted by molar-refractivity contribution is -0.121. The molecule has 1 aromatic carbocycles. The number of hydrogen-bond donors (Lipinski definition) is 2. The normalized spacial score (nSPS) is 9.94. The van der Waals surface area contributed by atoms with Crippen LogP contribution in [0.25, 0.3) is 0 Å². The molecule has 98 valence electrons. The minimum absolute atomic E-state index is 0.0701. The molecule has 0 saturated carbocycles. The summed E-state index contributed by atoms with van der Waals surface area (Å²) in [4.78, 5) is 24.7. The summed E-state index contributed by atoms with van der Waals surface area (Å²) in [5, 5.41) is 2.42. The average Bonchev–Trinajstić information content (AvgIpc) is 2.37. The highest BCUT2D eigenvalue weighted by Gasteiger charge is 2.19. The first-order valence-electron chi connectivity index (χ1n) is 5.54. The Morgan fingerprint density at radius 3 is 2.67 bits per heavy atom. The third-order valence-corrected chi connectivity index (χ3v) is 2.53. The minimum atomic E-state index is -0.538. The molecule has 0 aliphatic rings. The average molecular weight is 253 g/mol. The molecule has 3 N–H and O–H groups in total. The SMILES string of the molecule is CCN(CC(=O)NC)C(=O)c1cc(F)ccc1N. The molecule has 0 heterocycles. The third-order valence-electron chi connectivity index (χ3n) is 2.53. The molecule has 0 atom stereocenters. The summed E-state index contributed by atoms with van der Waals surface area (Å²) in [6, 6.07) is 3.58. The molecule has 0 aliphatic carbocycles. The smallest absolute Gasteiger partial charge is 0.256 e. The Hall–Kier alpha value is -2.11. The lowest BCUT2D eigenvalue weighted by Gasteiger charge is -2.20. The van der Waals surface area contributed by atoms with Crippen molar-refractivity contribution in [3.05, 3.63) is 29.6 Å². The number of nitrogen functional groups attached to an aromatic ring is 1. The van der Waals surface area contributed by atoms with Crippen LogP contribution in [0.15, 0.2) is 18.2 Å². The van der Waals surface area contributed by atoms with E-state index in [-0.39, 0.29) is 23.7 Å².